The Kier molecular flexibility index (Phi) is 17.2. The summed E-state index contributed by atoms with van der Waals surface area (Å²) in [6, 6.07) is 19.4. The molecule has 2 aliphatic heterocycles. The Balaban J connectivity index is 0.905. The van der Waals surface area contributed by atoms with Gasteiger partial charge in [-0.1, -0.05) is 97.7 Å². The van der Waals surface area contributed by atoms with Crippen LogP contribution in [-0.2, 0) is 28.7 Å². The number of rotatable bonds is 23. The Hall–Kier alpha value is -8.08. The third kappa shape index (κ3) is 13.4. The number of likely N-dealkylation sites (tertiary alicyclic amines) is 1. The predicted octanol–water partition coefficient (Wildman–Crippen LogP) is 5.99. The monoisotopic (exact) mass is 1060 g/mol. The summed E-state index contributed by atoms with van der Waals surface area (Å²) in [5.74, 6) is -2.97. The number of hydrogen-bond acceptors (Lipinski definition) is 17. The number of β-lactam (4-membered cyclic amide) rings is 1. The second-order valence-corrected chi connectivity index (χ2v) is 20.4. The Bertz CT molecular complexity index is 2880. The molecule has 5 aromatic rings. The van der Waals surface area contributed by atoms with Crippen LogP contribution in [0.25, 0.3) is 0 Å². The largest absolute Gasteiger partial charge is 0.489 e. The Morgan fingerprint density at radius 1 is 0.974 bits per heavy atom. The fourth-order valence-electron chi connectivity index (χ4n) is 8.17. The van der Waals surface area contributed by atoms with Gasteiger partial charge in [0.1, 0.15) is 17.3 Å². The highest BCUT2D eigenvalue weighted by atomic mass is 32.1. The molecule has 0 radical (unpaired) electrons. The number of benzene rings is 2. The van der Waals surface area contributed by atoms with E-state index in [0.29, 0.717) is 43.4 Å². The second kappa shape index (κ2) is 24.1. The van der Waals surface area contributed by atoms with E-state index < -0.39 is 70.8 Å². The molecule has 1 saturated carbocycles. The maximum Gasteiger partial charge on any atom is 0.413 e. The van der Waals surface area contributed by atoms with Gasteiger partial charge in [0.15, 0.2) is 22.7 Å². The van der Waals surface area contributed by atoms with E-state index >= 15 is 0 Å². The topological polar surface area (TPSA) is 275 Å². The zero-order valence-corrected chi connectivity index (χ0v) is 43.7. The molecule has 0 bridgehead atoms. The van der Waals surface area contributed by atoms with Gasteiger partial charge in [0.05, 0.1) is 31.0 Å². The van der Waals surface area contributed by atoms with Crippen molar-refractivity contribution in [3.8, 4) is 11.5 Å². The molecular formula is C53H62N9O13S+. The van der Waals surface area contributed by atoms with E-state index in [-0.39, 0.29) is 54.1 Å². The summed E-state index contributed by atoms with van der Waals surface area (Å²) < 4.78 is 29.4. The van der Waals surface area contributed by atoms with Gasteiger partial charge < -0.3 is 49.2 Å². The summed E-state index contributed by atoms with van der Waals surface area (Å²) in [6.07, 6.45) is 4.17. The van der Waals surface area contributed by atoms with Crippen LogP contribution in [0.5, 0.6) is 11.5 Å². The Morgan fingerprint density at radius 2 is 1.64 bits per heavy atom. The summed E-state index contributed by atoms with van der Waals surface area (Å²) in [5, 5.41) is 31.2. The molecular weight excluding hydrogens is 1000 g/mol. The number of thiazole rings is 1. The number of unbranched alkanes of at least 4 members (excludes halogenated alkanes) is 2. The molecule has 76 heavy (non-hydrogen) atoms. The van der Waals surface area contributed by atoms with E-state index in [9.17, 15) is 34.0 Å². The van der Waals surface area contributed by atoms with Crippen molar-refractivity contribution in [2.24, 2.45) is 5.16 Å². The zero-order valence-electron chi connectivity index (χ0n) is 42.9. The van der Waals surface area contributed by atoms with Crippen molar-refractivity contribution in [2.75, 3.05) is 38.2 Å². The van der Waals surface area contributed by atoms with Crippen LogP contribution in [-0.4, -0.2) is 118 Å². The van der Waals surface area contributed by atoms with Crippen molar-refractivity contribution < 1.29 is 67.0 Å². The third-order valence-corrected chi connectivity index (χ3v) is 13.3. The highest BCUT2D eigenvalue weighted by Gasteiger charge is 2.57. The normalized spacial score (nSPS) is 17.7. The standard InChI is InChI=1S/C53H61N9O13S/c1-6-8-24-70-39-27-38(62(69)30-41(39)71-25-9-7-2)48(66)61-23-20-34(29-61)35-26-40(74-59-35)45(63)54-28-36-42(46(64)55-36)57-47(65)43(37-31-76-50(56-37)58-51(68)73-52(3,4)5)60-75-53(21-22-53)49(67)72-44(32-16-12-10-13-17-32)33-18-14-11-15-19-33/h10-19,26-27,30-31,34,36,42,44H,6-9,20-25,28-29H2,1-5H3,(H4-,54,55,56,57,58,63,64,65,66,68,69)/p+1/b60-43-/t34-,36+,42+/m1/s1. The van der Waals surface area contributed by atoms with Crippen LogP contribution in [0.1, 0.15) is 135 Å². The van der Waals surface area contributed by atoms with Gasteiger partial charge in [0.2, 0.25) is 23.0 Å². The SMILES string of the molecule is CCCCOc1cc(C(=O)N2CC[C@@H](c3cc(C(=O)NC[C@@H]4NC(=O)[C@H]4NC(=O)/C(=N\OC4(C(=O)OC(c5ccccc5)c5ccccc5)CC4)c4csc(NC(=O)OC(C)(C)C)n4)on3)C2)[n+](O)cc1OCCCC. The minimum absolute atomic E-state index is 0.00433. The van der Waals surface area contributed by atoms with E-state index in [2.05, 4.69) is 36.6 Å². The number of aromatic nitrogens is 3. The van der Waals surface area contributed by atoms with Crippen molar-refractivity contribution >= 4 is 57.9 Å². The predicted molar refractivity (Wildman–Crippen MR) is 273 cm³/mol. The number of hydrogen-bond donors (Lipinski definition) is 5. The number of nitrogens with zero attached hydrogens (tertiary/aromatic N) is 5. The molecule has 2 saturated heterocycles. The second-order valence-electron chi connectivity index (χ2n) is 19.6. The van der Waals surface area contributed by atoms with Crippen LogP contribution in [0.15, 0.2) is 94.1 Å². The van der Waals surface area contributed by atoms with Gasteiger partial charge in [-0.25, -0.2) is 14.6 Å². The van der Waals surface area contributed by atoms with Crippen LogP contribution in [0.3, 0.4) is 0 Å². The van der Waals surface area contributed by atoms with Gasteiger partial charge in [-0.15, -0.1) is 11.3 Å². The van der Waals surface area contributed by atoms with Gasteiger partial charge in [-0.05, 0) is 51.2 Å². The summed E-state index contributed by atoms with van der Waals surface area (Å²) in [6.45, 7) is 10.4. The fraction of sp³-hybridized carbons (Fsp3) is 0.434. The Morgan fingerprint density at radius 3 is 2.28 bits per heavy atom. The van der Waals surface area contributed by atoms with Crippen LogP contribution in [0.2, 0.25) is 0 Å². The van der Waals surface area contributed by atoms with Crippen molar-refractivity contribution in [2.45, 2.75) is 115 Å². The zero-order chi connectivity index (χ0) is 54.0. The van der Waals surface area contributed by atoms with E-state index in [1.165, 1.54) is 23.7 Å². The molecule has 2 aromatic carbocycles. The Labute approximate surface area is 442 Å². The first-order valence-electron chi connectivity index (χ1n) is 25.3. The molecule has 0 spiro atoms. The van der Waals surface area contributed by atoms with Crippen molar-refractivity contribution in [3.63, 3.8) is 0 Å². The third-order valence-electron chi connectivity index (χ3n) is 12.5. The average molecular weight is 1070 g/mol. The van der Waals surface area contributed by atoms with E-state index in [0.717, 1.165) is 52.9 Å². The van der Waals surface area contributed by atoms with Crippen LogP contribution in [0.4, 0.5) is 9.93 Å². The fourth-order valence-corrected chi connectivity index (χ4v) is 8.85. The molecule has 5 heterocycles. The van der Waals surface area contributed by atoms with E-state index in [4.69, 9.17) is 28.3 Å². The van der Waals surface area contributed by atoms with Gasteiger partial charge in [-0.3, -0.25) is 29.7 Å². The lowest BCUT2D eigenvalue weighted by Crippen LogP contribution is -2.72. The molecule has 22 nitrogen and oxygen atoms in total. The molecule has 402 valence electrons. The maximum absolute atomic E-state index is 14.2. The lowest BCUT2D eigenvalue weighted by molar-refractivity contribution is -0.906. The van der Waals surface area contributed by atoms with Crippen LogP contribution in [0, 0.1) is 0 Å². The smallest absolute Gasteiger partial charge is 0.413 e. The van der Waals surface area contributed by atoms with E-state index in [1.807, 2.05) is 74.5 Å². The average Bonchev–Trinajstić information content (AvgIpc) is 3.72. The number of anilines is 1. The molecule has 1 aliphatic carbocycles. The lowest BCUT2D eigenvalue weighted by Gasteiger charge is -2.37. The highest BCUT2D eigenvalue weighted by molar-refractivity contribution is 7.14. The molecule has 23 heteroatoms. The molecule has 5 N–H and O–H groups in total. The minimum atomic E-state index is -1.54. The van der Waals surface area contributed by atoms with Gasteiger partial charge in [-0.2, -0.15) is 0 Å². The summed E-state index contributed by atoms with van der Waals surface area (Å²) in [7, 11) is 0. The first-order chi connectivity index (χ1) is 36.5. The number of carbonyl (C=O) groups is 6. The molecule has 3 atom stereocenters. The number of pyridine rings is 1. The van der Waals surface area contributed by atoms with Crippen molar-refractivity contribution in [3.05, 3.63) is 118 Å². The molecule has 0 unspecified atom stereocenters. The highest BCUT2D eigenvalue weighted by Crippen LogP contribution is 2.43. The van der Waals surface area contributed by atoms with E-state index in [1.54, 1.807) is 25.7 Å². The number of ether oxygens (including phenoxy) is 4. The number of amides is 5. The first-order valence-corrected chi connectivity index (χ1v) is 26.2. The molecule has 8 rings (SSSR count). The van der Waals surface area contributed by atoms with Gasteiger partial charge in [0.25, 0.3) is 18.0 Å². The minimum Gasteiger partial charge on any atom is -0.489 e. The summed E-state index contributed by atoms with van der Waals surface area (Å²) in [5.41, 5.74) is -0.920. The number of esters is 1. The summed E-state index contributed by atoms with van der Waals surface area (Å²) in [4.78, 5) is 92.6. The number of carbonyl (C=O) groups excluding carboxylic acids is 6. The molecule has 5 amide bonds. The lowest BCUT2D eigenvalue weighted by atomic mass is 9.98. The quantitative estimate of drug-likeness (QED) is 0.00956. The molecule has 3 aliphatic rings. The van der Waals surface area contributed by atoms with Gasteiger partial charge >= 0.3 is 23.7 Å². The number of oxime groups is 1. The first kappa shape index (κ1) is 54.2. The molecule has 3 aromatic heterocycles. The molecule has 3 fully saturated rings. The van der Waals surface area contributed by atoms with Crippen LogP contribution >= 0.6 is 11.3 Å². The van der Waals surface area contributed by atoms with Gasteiger partial charge in [0, 0.05) is 54.6 Å². The summed E-state index contributed by atoms with van der Waals surface area (Å²) >= 11 is 0.967. The number of nitrogens with one attached hydrogen (secondary N) is 4. The van der Waals surface area contributed by atoms with Crippen LogP contribution < -0.4 is 35.5 Å². The van der Waals surface area contributed by atoms with Crippen molar-refractivity contribution in [1.82, 2.24) is 31.0 Å². The van der Waals surface area contributed by atoms with Crippen molar-refractivity contribution in [1.29, 1.82) is 0 Å². The maximum atomic E-state index is 14.2.